The van der Waals surface area contributed by atoms with Gasteiger partial charge in [0.15, 0.2) is 0 Å². The Morgan fingerprint density at radius 1 is 1.00 bits per heavy atom. The van der Waals surface area contributed by atoms with E-state index in [1.807, 2.05) is 13.8 Å². The topological polar surface area (TPSA) is 46.2 Å². The van der Waals surface area contributed by atoms with Crippen LogP contribution in [0.25, 0.3) is 0 Å². The maximum absolute atomic E-state index is 12.8. The smallest absolute Gasteiger partial charge is 0.211 e. The first-order valence-electron chi connectivity index (χ1n) is 8.87. The van der Waals surface area contributed by atoms with Gasteiger partial charge in [-0.05, 0) is 49.1 Å². The van der Waals surface area contributed by atoms with Crippen LogP contribution in [0.5, 0.6) is 0 Å². The lowest BCUT2D eigenvalue weighted by Gasteiger charge is -2.19. The standard InChI is InChI=1S/C20H24F3NO2S/c1-3-4-5-17(16-8-10-18(11-9-16)20(21,22)23)14-24-27(25,26)19-12-6-15(2)7-13-19/h6-13,17,24H,3-5,14H2,1-2H3. The zero-order valence-corrected chi connectivity index (χ0v) is 16.2. The van der Waals surface area contributed by atoms with Gasteiger partial charge in [0.1, 0.15) is 0 Å². The van der Waals surface area contributed by atoms with Gasteiger partial charge in [0.05, 0.1) is 10.5 Å². The predicted molar refractivity (Wildman–Crippen MR) is 100 cm³/mol. The molecule has 1 unspecified atom stereocenters. The zero-order valence-electron chi connectivity index (χ0n) is 15.4. The van der Waals surface area contributed by atoms with Crippen LogP contribution in [0.15, 0.2) is 53.4 Å². The van der Waals surface area contributed by atoms with Crippen LogP contribution in [0, 0.1) is 6.92 Å². The molecule has 0 saturated heterocycles. The van der Waals surface area contributed by atoms with E-state index in [1.54, 1.807) is 12.1 Å². The molecule has 2 aromatic rings. The summed E-state index contributed by atoms with van der Waals surface area (Å²) in [7, 11) is -3.67. The van der Waals surface area contributed by atoms with Gasteiger partial charge in [0.25, 0.3) is 0 Å². The predicted octanol–water partition coefficient (Wildman–Crippen LogP) is 5.27. The molecule has 3 nitrogen and oxygen atoms in total. The maximum Gasteiger partial charge on any atom is 0.416 e. The van der Waals surface area contributed by atoms with Gasteiger partial charge in [0.2, 0.25) is 10.0 Å². The Hall–Kier alpha value is -1.86. The molecule has 0 aliphatic rings. The van der Waals surface area contributed by atoms with Crippen molar-refractivity contribution in [1.29, 1.82) is 0 Å². The minimum absolute atomic E-state index is 0.140. The van der Waals surface area contributed by atoms with E-state index in [0.717, 1.165) is 30.5 Å². The third-order valence-corrected chi connectivity index (χ3v) is 5.91. The fourth-order valence-electron chi connectivity index (χ4n) is 2.79. The first kappa shape index (κ1) is 21.4. The monoisotopic (exact) mass is 399 g/mol. The Morgan fingerprint density at radius 3 is 2.11 bits per heavy atom. The summed E-state index contributed by atoms with van der Waals surface area (Å²) in [6.07, 6.45) is -1.91. The summed E-state index contributed by atoms with van der Waals surface area (Å²) in [6, 6.07) is 11.5. The fourth-order valence-corrected chi connectivity index (χ4v) is 3.87. The minimum Gasteiger partial charge on any atom is -0.211 e. The van der Waals surface area contributed by atoms with Crippen molar-refractivity contribution < 1.29 is 21.6 Å². The summed E-state index contributed by atoms with van der Waals surface area (Å²) in [4.78, 5) is 0.176. The van der Waals surface area contributed by atoms with Crippen LogP contribution in [0.3, 0.4) is 0 Å². The van der Waals surface area contributed by atoms with Gasteiger partial charge in [-0.3, -0.25) is 0 Å². The summed E-state index contributed by atoms with van der Waals surface area (Å²) in [5.74, 6) is -0.188. The van der Waals surface area contributed by atoms with Crippen molar-refractivity contribution in [2.24, 2.45) is 0 Å². The Morgan fingerprint density at radius 2 is 1.59 bits per heavy atom. The van der Waals surface area contributed by atoms with Gasteiger partial charge in [-0.1, -0.05) is 49.6 Å². The summed E-state index contributed by atoms with van der Waals surface area (Å²) >= 11 is 0. The second-order valence-corrected chi connectivity index (χ2v) is 8.39. The van der Waals surface area contributed by atoms with Crippen LogP contribution in [0.4, 0.5) is 13.2 Å². The molecule has 1 atom stereocenters. The highest BCUT2D eigenvalue weighted by Gasteiger charge is 2.30. The average molecular weight is 399 g/mol. The molecule has 27 heavy (non-hydrogen) atoms. The number of halogens is 3. The molecule has 2 rings (SSSR count). The van der Waals surface area contributed by atoms with Crippen LogP contribution in [-0.2, 0) is 16.2 Å². The van der Waals surface area contributed by atoms with Crippen LogP contribution >= 0.6 is 0 Å². The Kier molecular flexibility index (Phi) is 7.06. The molecule has 0 aliphatic carbocycles. The number of alkyl halides is 3. The molecule has 1 N–H and O–H groups in total. The van der Waals surface area contributed by atoms with E-state index in [-0.39, 0.29) is 17.4 Å². The maximum atomic E-state index is 12.8. The second kappa shape index (κ2) is 8.89. The van der Waals surface area contributed by atoms with Crippen LogP contribution in [0.1, 0.15) is 48.8 Å². The van der Waals surface area contributed by atoms with Crippen LogP contribution in [0.2, 0.25) is 0 Å². The largest absolute Gasteiger partial charge is 0.416 e. The van der Waals surface area contributed by atoms with Gasteiger partial charge in [-0.25, -0.2) is 13.1 Å². The van der Waals surface area contributed by atoms with Crippen molar-refractivity contribution in [3.63, 3.8) is 0 Å². The lowest BCUT2D eigenvalue weighted by Crippen LogP contribution is -2.28. The second-order valence-electron chi connectivity index (χ2n) is 6.62. The van der Waals surface area contributed by atoms with E-state index < -0.39 is 21.8 Å². The number of hydrogen-bond acceptors (Lipinski definition) is 2. The molecule has 0 saturated carbocycles. The Labute approximate surface area is 158 Å². The molecule has 0 aliphatic heterocycles. The molecule has 2 aromatic carbocycles. The van der Waals surface area contributed by atoms with Crippen LogP contribution < -0.4 is 4.72 Å². The molecule has 0 bridgehead atoms. The molecule has 7 heteroatoms. The lowest BCUT2D eigenvalue weighted by atomic mass is 9.93. The van der Waals surface area contributed by atoms with E-state index >= 15 is 0 Å². The molecule has 0 spiro atoms. The van der Waals surface area contributed by atoms with E-state index in [0.29, 0.717) is 12.0 Å². The summed E-state index contributed by atoms with van der Waals surface area (Å²) in [5.41, 5.74) is 0.948. The molecular weight excluding hydrogens is 375 g/mol. The number of aryl methyl sites for hydroxylation is 1. The van der Waals surface area contributed by atoms with E-state index in [1.165, 1.54) is 24.3 Å². The number of rotatable bonds is 8. The fraction of sp³-hybridized carbons (Fsp3) is 0.400. The first-order valence-corrected chi connectivity index (χ1v) is 10.4. The van der Waals surface area contributed by atoms with Crippen molar-refractivity contribution >= 4 is 10.0 Å². The quantitative estimate of drug-likeness (QED) is 0.658. The zero-order chi connectivity index (χ0) is 20.1. The van der Waals surface area contributed by atoms with Gasteiger partial charge < -0.3 is 0 Å². The summed E-state index contributed by atoms with van der Waals surface area (Å²) in [5, 5.41) is 0. The van der Waals surface area contributed by atoms with Crippen molar-refractivity contribution in [3.05, 3.63) is 65.2 Å². The minimum atomic E-state index is -4.38. The molecule has 0 heterocycles. The molecule has 0 radical (unpaired) electrons. The molecule has 0 aromatic heterocycles. The molecule has 0 fully saturated rings. The summed E-state index contributed by atoms with van der Waals surface area (Å²) < 4.78 is 65.8. The third kappa shape index (κ3) is 6.07. The number of sulfonamides is 1. The van der Waals surface area contributed by atoms with Gasteiger partial charge in [-0.2, -0.15) is 13.2 Å². The van der Waals surface area contributed by atoms with Crippen molar-refractivity contribution in [2.75, 3.05) is 6.54 Å². The third-order valence-electron chi connectivity index (χ3n) is 4.47. The highest BCUT2D eigenvalue weighted by atomic mass is 32.2. The van der Waals surface area contributed by atoms with E-state index in [9.17, 15) is 21.6 Å². The Balaban J connectivity index is 2.15. The summed E-state index contributed by atoms with van der Waals surface area (Å²) in [6.45, 7) is 4.02. The number of hydrogen-bond donors (Lipinski definition) is 1. The Bertz CT molecular complexity index is 829. The molecular formula is C20H24F3NO2S. The van der Waals surface area contributed by atoms with E-state index in [4.69, 9.17) is 0 Å². The highest BCUT2D eigenvalue weighted by Crippen LogP contribution is 2.31. The van der Waals surface area contributed by atoms with E-state index in [2.05, 4.69) is 4.72 Å². The highest BCUT2D eigenvalue weighted by molar-refractivity contribution is 7.89. The van der Waals surface area contributed by atoms with Gasteiger partial charge in [-0.15, -0.1) is 0 Å². The first-order chi connectivity index (χ1) is 12.6. The number of unbranched alkanes of at least 4 members (excludes halogenated alkanes) is 1. The number of nitrogens with one attached hydrogen (secondary N) is 1. The molecule has 148 valence electrons. The van der Waals surface area contributed by atoms with Gasteiger partial charge >= 0.3 is 6.18 Å². The van der Waals surface area contributed by atoms with Crippen LogP contribution in [-0.4, -0.2) is 15.0 Å². The normalized spacial score (nSPS) is 13.5. The van der Waals surface area contributed by atoms with Crippen molar-refractivity contribution in [3.8, 4) is 0 Å². The van der Waals surface area contributed by atoms with Gasteiger partial charge in [0, 0.05) is 6.54 Å². The van der Waals surface area contributed by atoms with Crippen molar-refractivity contribution in [1.82, 2.24) is 4.72 Å². The number of benzene rings is 2. The SMILES string of the molecule is CCCCC(CNS(=O)(=O)c1ccc(C)cc1)c1ccc(C(F)(F)F)cc1. The average Bonchev–Trinajstić information content (AvgIpc) is 2.61. The lowest BCUT2D eigenvalue weighted by molar-refractivity contribution is -0.137. The van der Waals surface area contributed by atoms with Crippen molar-refractivity contribution in [2.45, 2.75) is 50.1 Å². The molecule has 0 amide bonds.